The Morgan fingerprint density at radius 2 is 1.50 bits per heavy atom. The zero-order valence-electron chi connectivity index (χ0n) is 10.2. The fourth-order valence-corrected chi connectivity index (χ4v) is 1.09. The van der Waals surface area contributed by atoms with Gasteiger partial charge < -0.3 is 35.4 Å². The molecule has 0 amide bonds. The summed E-state index contributed by atoms with van der Waals surface area (Å²) in [6.45, 7) is -0.933. The summed E-state index contributed by atoms with van der Waals surface area (Å²) in [5.41, 5.74) is 0. The lowest BCUT2D eigenvalue weighted by Crippen LogP contribution is -2.49. The first-order valence-corrected chi connectivity index (χ1v) is 5.50. The van der Waals surface area contributed by atoms with Crippen LogP contribution in [0.15, 0.2) is 0 Å². The van der Waals surface area contributed by atoms with E-state index in [0.717, 1.165) is 0 Å². The number of hydrogen-bond acceptors (Lipinski definition) is 9. The van der Waals surface area contributed by atoms with E-state index in [2.05, 4.69) is 4.74 Å². The van der Waals surface area contributed by atoms with Crippen molar-refractivity contribution in [1.29, 1.82) is 0 Å². The summed E-state index contributed by atoms with van der Waals surface area (Å²) in [5.74, 6) is -4.14. The molecule has 0 unspecified atom stereocenters. The van der Waals surface area contributed by atoms with Gasteiger partial charge in [-0.15, -0.1) is 0 Å². The maximum atomic E-state index is 11.2. The molecule has 10 heteroatoms. The van der Waals surface area contributed by atoms with Crippen LogP contribution in [0.5, 0.6) is 0 Å². The molecule has 0 aromatic rings. The number of ether oxygens (including phenoxy) is 1. The highest BCUT2D eigenvalue weighted by molar-refractivity contribution is 5.89. The average Bonchev–Trinajstić information content (AvgIpc) is 2.41. The van der Waals surface area contributed by atoms with Crippen LogP contribution in [0.25, 0.3) is 0 Å². The second-order valence-corrected chi connectivity index (χ2v) is 3.86. The predicted octanol–water partition coefficient (Wildman–Crippen LogP) is -3.64. The monoisotopic (exact) mass is 296 g/mol. The van der Waals surface area contributed by atoms with Gasteiger partial charge >= 0.3 is 17.9 Å². The van der Waals surface area contributed by atoms with Crippen molar-refractivity contribution in [3.05, 3.63) is 0 Å². The molecular weight excluding hydrogens is 280 g/mol. The molecule has 4 atom stereocenters. The van der Waals surface area contributed by atoms with Crippen molar-refractivity contribution < 1.29 is 49.8 Å². The quantitative estimate of drug-likeness (QED) is 0.193. The molecule has 0 bridgehead atoms. The molecule has 10 nitrogen and oxygen atoms in total. The van der Waals surface area contributed by atoms with Crippen molar-refractivity contribution in [2.45, 2.75) is 37.3 Å². The average molecular weight is 296 g/mol. The van der Waals surface area contributed by atoms with E-state index in [4.69, 9.17) is 15.3 Å². The van der Waals surface area contributed by atoms with Gasteiger partial charge in [-0.25, -0.2) is 4.79 Å². The van der Waals surface area contributed by atoms with Gasteiger partial charge in [0.2, 0.25) is 0 Å². The molecule has 0 aliphatic rings. The molecule has 20 heavy (non-hydrogen) atoms. The van der Waals surface area contributed by atoms with Gasteiger partial charge in [0.25, 0.3) is 0 Å². The van der Waals surface area contributed by atoms with Crippen LogP contribution in [0.1, 0.15) is 12.8 Å². The Morgan fingerprint density at radius 1 is 0.950 bits per heavy atom. The summed E-state index contributed by atoms with van der Waals surface area (Å²) in [5, 5.41) is 53.6. The highest BCUT2D eigenvalue weighted by Crippen LogP contribution is 2.07. The molecule has 0 saturated carbocycles. The maximum Gasteiger partial charge on any atom is 0.345 e. The van der Waals surface area contributed by atoms with Crippen LogP contribution < -0.4 is 0 Å². The van der Waals surface area contributed by atoms with E-state index in [1.807, 2.05) is 0 Å². The number of aliphatic carboxylic acids is 1. The van der Waals surface area contributed by atoms with Crippen molar-refractivity contribution in [2.75, 3.05) is 6.61 Å². The van der Waals surface area contributed by atoms with Gasteiger partial charge in [-0.3, -0.25) is 9.59 Å². The molecule has 0 fully saturated rings. The highest BCUT2D eigenvalue weighted by atomic mass is 16.6. The summed E-state index contributed by atoms with van der Waals surface area (Å²) >= 11 is 0. The first kappa shape index (κ1) is 18.4. The fourth-order valence-electron chi connectivity index (χ4n) is 1.09. The van der Waals surface area contributed by atoms with Crippen LogP contribution in [0.3, 0.4) is 0 Å². The van der Waals surface area contributed by atoms with Gasteiger partial charge in [0.05, 0.1) is 19.4 Å². The van der Waals surface area contributed by atoms with Crippen LogP contribution in [0.4, 0.5) is 0 Å². The molecule has 6 N–H and O–H groups in total. The number of carbonyl (C=O) groups excluding carboxylic acids is 2. The van der Waals surface area contributed by atoms with E-state index in [1.54, 1.807) is 0 Å². The summed E-state index contributed by atoms with van der Waals surface area (Å²) in [4.78, 5) is 32.4. The van der Waals surface area contributed by atoms with Gasteiger partial charge in [0.1, 0.15) is 18.3 Å². The number of esters is 2. The molecule has 0 aliphatic heterocycles. The minimum atomic E-state index is -2.35. The first-order valence-electron chi connectivity index (χ1n) is 5.50. The van der Waals surface area contributed by atoms with Gasteiger partial charge in [-0.2, -0.15) is 0 Å². The number of rotatable bonds is 8. The summed E-state index contributed by atoms with van der Waals surface area (Å²) < 4.78 is 4.04. The van der Waals surface area contributed by atoms with Gasteiger partial charge in [0, 0.05) is 0 Å². The third-order valence-electron chi connectivity index (χ3n) is 2.25. The number of carboxylic acids is 1. The van der Waals surface area contributed by atoms with Crippen LogP contribution in [0.2, 0.25) is 0 Å². The minimum Gasteiger partial charge on any atom is -0.481 e. The molecule has 0 rings (SSSR count). The highest BCUT2D eigenvalue weighted by Gasteiger charge is 2.36. The molecule has 0 aliphatic carbocycles. The van der Waals surface area contributed by atoms with Crippen LogP contribution in [-0.2, 0) is 19.1 Å². The molecule has 0 radical (unpaired) electrons. The Morgan fingerprint density at radius 3 is 1.95 bits per heavy atom. The third-order valence-corrected chi connectivity index (χ3v) is 2.25. The summed E-state index contributed by atoms with van der Waals surface area (Å²) in [6.07, 6.45) is -9.61. The molecule has 0 heterocycles. The number of carbonyl (C=O) groups is 3. The van der Waals surface area contributed by atoms with Gasteiger partial charge in [0.15, 0.2) is 6.10 Å². The SMILES string of the molecule is O=C(O)CCC(=O)OC(=O)[C@H](O)[C@@H](O)[C@H](O)[C@H](O)CO. The van der Waals surface area contributed by atoms with E-state index < -0.39 is 61.8 Å². The van der Waals surface area contributed by atoms with E-state index in [1.165, 1.54) is 0 Å². The standard InChI is InChI=1S/C10H16O10/c11-3-4(12)7(16)8(17)9(18)10(19)20-6(15)2-1-5(13)14/h4,7-9,11-12,16-18H,1-3H2,(H,13,14)/t4-,7-,8+,9-/m1/s1. The normalized spacial score (nSPS) is 16.9. The van der Waals surface area contributed by atoms with E-state index in [9.17, 15) is 29.7 Å². The maximum absolute atomic E-state index is 11.2. The molecular formula is C10H16O10. The van der Waals surface area contributed by atoms with Crippen molar-refractivity contribution in [2.24, 2.45) is 0 Å². The lowest BCUT2D eigenvalue weighted by Gasteiger charge is -2.24. The topological polar surface area (TPSA) is 182 Å². The van der Waals surface area contributed by atoms with E-state index >= 15 is 0 Å². The second kappa shape index (κ2) is 8.55. The molecule has 0 spiro atoms. The second-order valence-electron chi connectivity index (χ2n) is 3.86. The third kappa shape index (κ3) is 6.04. The van der Waals surface area contributed by atoms with Crippen LogP contribution in [-0.4, -0.2) is 79.6 Å². The molecule has 0 saturated heterocycles. The Labute approximate surface area is 112 Å². The zero-order valence-corrected chi connectivity index (χ0v) is 10.2. The van der Waals surface area contributed by atoms with Crippen LogP contribution >= 0.6 is 0 Å². The first-order chi connectivity index (χ1) is 9.20. The summed E-state index contributed by atoms with van der Waals surface area (Å²) in [6, 6.07) is 0. The van der Waals surface area contributed by atoms with Crippen molar-refractivity contribution >= 4 is 17.9 Å². The van der Waals surface area contributed by atoms with Crippen molar-refractivity contribution in [3.8, 4) is 0 Å². The Bertz CT molecular complexity index is 354. The van der Waals surface area contributed by atoms with Crippen molar-refractivity contribution in [1.82, 2.24) is 0 Å². The Kier molecular flexibility index (Phi) is 7.87. The molecule has 0 aromatic carbocycles. The summed E-state index contributed by atoms with van der Waals surface area (Å²) in [7, 11) is 0. The number of aliphatic hydroxyl groups excluding tert-OH is 5. The largest absolute Gasteiger partial charge is 0.481 e. The van der Waals surface area contributed by atoms with Gasteiger partial charge in [-0.1, -0.05) is 0 Å². The van der Waals surface area contributed by atoms with E-state index in [-0.39, 0.29) is 0 Å². The number of hydrogen-bond donors (Lipinski definition) is 6. The number of aliphatic hydroxyl groups is 5. The fraction of sp³-hybridized carbons (Fsp3) is 0.700. The van der Waals surface area contributed by atoms with Gasteiger partial charge in [-0.05, 0) is 0 Å². The lowest BCUT2D eigenvalue weighted by molar-refractivity contribution is -0.177. The zero-order chi connectivity index (χ0) is 15.9. The van der Waals surface area contributed by atoms with Crippen molar-refractivity contribution in [3.63, 3.8) is 0 Å². The Balaban J connectivity index is 4.39. The van der Waals surface area contributed by atoms with E-state index in [0.29, 0.717) is 0 Å². The van der Waals surface area contributed by atoms with Crippen LogP contribution in [0, 0.1) is 0 Å². The Hall–Kier alpha value is -1.59. The number of carboxylic acid groups (broad SMARTS) is 1. The molecule has 116 valence electrons. The molecule has 0 aromatic heterocycles. The smallest absolute Gasteiger partial charge is 0.345 e. The predicted molar refractivity (Wildman–Crippen MR) is 59.1 cm³/mol. The minimum absolute atomic E-state index is 0.587. The lowest BCUT2D eigenvalue weighted by atomic mass is 10.0.